The van der Waals surface area contributed by atoms with Gasteiger partial charge < -0.3 is 0 Å². The summed E-state index contributed by atoms with van der Waals surface area (Å²) in [5.74, 6) is 0. The van der Waals surface area contributed by atoms with Crippen LogP contribution in [0.2, 0.25) is 0 Å². The van der Waals surface area contributed by atoms with Crippen LogP contribution in [0, 0.1) is 0 Å². The Kier molecular flexibility index (Phi) is 4.55. The van der Waals surface area contributed by atoms with Gasteiger partial charge in [-0.3, -0.25) is 15.0 Å². The minimum Gasteiger partial charge on any atom is -0.267 e. The maximum Gasteiger partial charge on any atom is 0.107 e. The van der Waals surface area contributed by atoms with Crippen LogP contribution < -0.4 is 10.7 Å². The van der Waals surface area contributed by atoms with E-state index in [1.807, 2.05) is 19.2 Å². The Bertz CT molecular complexity index is 407. The Morgan fingerprint density at radius 1 is 1.14 bits per heavy atom. The van der Waals surface area contributed by atoms with Crippen LogP contribution in [0.25, 0.3) is 12.3 Å². The van der Waals surface area contributed by atoms with Gasteiger partial charge in [0.25, 0.3) is 0 Å². The van der Waals surface area contributed by atoms with Crippen molar-refractivity contribution in [1.29, 1.82) is 0 Å². The van der Waals surface area contributed by atoms with Crippen molar-refractivity contribution in [2.24, 2.45) is 4.99 Å². The molecule has 1 rings (SSSR count). The van der Waals surface area contributed by atoms with Crippen LogP contribution in [0.4, 0.5) is 0 Å². The van der Waals surface area contributed by atoms with E-state index in [2.05, 4.69) is 21.9 Å². The topological polar surface area (TPSA) is 38.1 Å². The predicted octanol–water partition coefficient (Wildman–Crippen LogP) is 0.886. The lowest BCUT2D eigenvalue weighted by Gasteiger charge is -1.86. The molecular formula is C11H15N3. The lowest BCUT2D eigenvalue weighted by molar-refractivity contribution is 1.08. The van der Waals surface area contributed by atoms with Gasteiger partial charge in [0.05, 0.1) is 11.5 Å². The third-order valence-corrected chi connectivity index (χ3v) is 1.64. The van der Waals surface area contributed by atoms with Gasteiger partial charge in [-0.05, 0) is 12.8 Å². The van der Waals surface area contributed by atoms with Crippen molar-refractivity contribution in [3.63, 3.8) is 0 Å². The van der Waals surface area contributed by atoms with E-state index in [4.69, 9.17) is 0 Å². The van der Waals surface area contributed by atoms with E-state index in [0.29, 0.717) is 0 Å². The van der Waals surface area contributed by atoms with Crippen molar-refractivity contribution in [3.05, 3.63) is 23.1 Å². The van der Waals surface area contributed by atoms with Crippen LogP contribution in [0.5, 0.6) is 0 Å². The molecule has 0 aliphatic carbocycles. The van der Waals surface area contributed by atoms with Gasteiger partial charge in [0, 0.05) is 18.6 Å². The first kappa shape index (κ1) is 10.6. The fraction of sp³-hybridized carbons (Fsp3) is 0.364. The van der Waals surface area contributed by atoms with E-state index in [9.17, 15) is 0 Å². The summed E-state index contributed by atoms with van der Waals surface area (Å²) in [6.45, 7) is 4.13. The summed E-state index contributed by atoms with van der Waals surface area (Å²) in [6.07, 6.45) is 10.9. The number of nitrogens with zero attached hydrogens (tertiary/aromatic N) is 3. The second-order valence-corrected chi connectivity index (χ2v) is 2.81. The third kappa shape index (κ3) is 3.09. The van der Waals surface area contributed by atoms with Gasteiger partial charge in [0.1, 0.15) is 5.35 Å². The molecule has 0 aliphatic rings. The lowest BCUT2D eigenvalue weighted by Crippen LogP contribution is -2.30. The summed E-state index contributed by atoms with van der Waals surface area (Å²) in [5.41, 5.74) is 0. The smallest absolute Gasteiger partial charge is 0.107 e. The highest BCUT2D eigenvalue weighted by atomic mass is 14.8. The molecule has 0 bridgehead atoms. The van der Waals surface area contributed by atoms with Crippen molar-refractivity contribution in [2.75, 3.05) is 0 Å². The van der Waals surface area contributed by atoms with Crippen LogP contribution in [0.3, 0.4) is 0 Å². The Balaban J connectivity index is 3.13. The van der Waals surface area contributed by atoms with Crippen molar-refractivity contribution in [2.45, 2.75) is 26.7 Å². The molecule has 0 aliphatic heterocycles. The van der Waals surface area contributed by atoms with E-state index in [1.54, 1.807) is 18.6 Å². The van der Waals surface area contributed by atoms with Gasteiger partial charge in [-0.25, -0.2) is 0 Å². The first-order valence-electron chi connectivity index (χ1n) is 4.87. The van der Waals surface area contributed by atoms with Crippen molar-refractivity contribution >= 4 is 18.5 Å². The Morgan fingerprint density at radius 3 is 2.50 bits per heavy atom. The molecule has 74 valence electrons. The molecule has 0 unspecified atom stereocenters. The molecule has 0 saturated heterocycles. The molecule has 0 spiro atoms. The minimum atomic E-state index is 0.832. The quantitative estimate of drug-likeness (QED) is 0.662. The fourth-order valence-corrected chi connectivity index (χ4v) is 1.04. The van der Waals surface area contributed by atoms with E-state index < -0.39 is 0 Å². The molecular weight excluding hydrogens is 174 g/mol. The van der Waals surface area contributed by atoms with Crippen molar-refractivity contribution in [3.8, 4) is 0 Å². The van der Waals surface area contributed by atoms with Gasteiger partial charge in [-0.15, -0.1) is 0 Å². The number of aromatic nitrogens is 2. The summed E-state index contributed by atoms with van der Waals surface area (Å²) in [6, 6.07) is 0. The van der Waals surface area contributed by atoms with Gasteiger partial charge in [-0.2, -0.15) is 0 Å². The van der Waals surface area contributed by atoms with Gasteiger partial charge in [0.15, 0.2) is 0 Å². The molecule has 0 radical (unpaired) electrons. The Hall–Kier alpha value is -1.51. The molecule has 3 heteroatoms. The summed E-state index contributed by atoms with van der Waals surface area (Å²) in [7, 11) is 0. The molecule has 14 heavy (non-hydrogen) atoms. The van der Waals surface area contributed by atoms with Crippen LogP contribution in [-0.4, -0.2) is 16.2 Å². The van der Waals surface area contributed by atoms with E-state index >= 15 is 0 Å². The fourth-order valence-electron chi connectivity index (χ4n) is 1.04. The minimum absolute atomic E-state index is 0.832. The van der Waals surface area contributed by atoms with Gasteiger partial charge in [0.2, 0.25) is 0 Å². The number of hydrogen-bond acceptors (Lipinski definition) is 3. The second kappa shape index (κ2) is 6.02. The van der Waals surface area contributed by atoms with E-state index in [1.165, 1.54) is 0 Å². The maximum atomic E-state index is 4.22. The van der Waals surface area contributed by atoms with Gasteiger partial charge in [-0.1, -0.05) is 19.9 Å². The van der Waals surface area contributed by atoms with Crippen LogP contribution >= 0.6 is 0 Å². The summed E-state index contributed by atoms with van der Waals surface area (Å²) in [5, 5.41) is 1.74. The molecule has 3 nitrogen and oxygen atoms in total. The van der Waals surface area contributed by atoms with E-state index in [-0.39, 0.29) is 0 Å². The highest BCUT2D eigenvalue weighted by molar-refractivity contribution is 5.60. The molecule has 0 atom stereocenters. The zero-order chi connectivity index (χ0) is 10.2. The number of hydrogen-bond donors (Lipinski definition) is 0. The zero-order valence-electron chi connectivity index (χ0n) is 8.64. The average Bonchev–Trinajstić information content (AvgIpc) is 2.21. The Morgan fingerprint density at radius 2 is 1.86 bits per heavy atom. The molecule has 1 heterocycles. The summed E-state index contributed by atoms with van der Waals surface area (Å²) >= 11 is 0. The van der Waals surface area contributed by atoms with Crippen LogP contribution in [-0.2, 0) is 0 Å². The summed E-state index contributed by atoms with van der Waals surface area (Å²) in [4.78, 5) is 12.6. The molecule has 1 aromatic rings. The molecule has 0 saturated carbocycles. The van der Waals surface area contributed by atoms with Crippen molar-refractivity contribution < 1.29 is 0 Å². The predicted molar refractivity (Wildman–Crippen MR) is 59.3 cm³/mol. The number of rotatable bonds is 3. The monoisotopic (exact) mass is 189 g/mol. The van der Waals surface area contributed by atoms with Gasteiger partial charge >= 0.3 is 0 Å². The standard InChI is InChI=1S/C11H15N3/c1-3-5-10-11(9-12-6-4-2)14-8-7-13-10/h5-9H,3-4H2,1-2H3/b10-5+,11-9+,12-6?. The average molecular weight is 189 g/mol. The van der Waals surface area contributed by atoms with Crippen molar-refractivity contribution in [1.82, 2.24) is 9.97 Å². The SMILES string of the molecule is CCC=N/C=c1/nccn/c1=C/CC. The van der Waals surface area contributed by atoms with Crippen LogP contribution in [0.15, 0.2) is 17.4 Å². The van der Waals surface area contributed by atoms with E-state index in [0.717, 1.165) is 23.5 Å². The molecule has 0 amide bonds. The first-order chi connectivity index (χ1) is 6.88. The molecule has 0 aromatic carbocycles. The summed E-state index contributed by atoms with van der Waals surface area (Å²) < 4.78 is 0. The lowest BCUT2D eigenvalue weighted by atomic mass is 10.4. The molecule has 0 fully saturated rings. The highest BCUT2D eigenvalue weighted by Crippen LogP contribution is 1.73. The third-order valence-electron chi connectivity index (χ3n) is 1.64. The molecule has 1 aromatic heterocycles. The largest absolute Gasteiger partial charge is 0.267 e. The number of aliphatic imine (C=N–C) groups is 1. The highest BCUT2D eigenvalue weighted by Gasteiger charge is 1.84. The zero-order valence-corrected chi connectivity index (χ0v) is 8.64. The molecule has 0 N–H and O–H groups in total. The normalized spacial score (nSPS) is 14.1. The maximum absolute atomic E-state index is 4.22. The Labute approximate surface area is 83.9 Å². The first-order valence-corrected chi connectivity index (χ1v) is 4.87. The van der Waals surface area contributed by atoms with Crippen LogP contribution in [0.1, 0.15) is 26.7 Å². The second-order valence-electron chi connectivity index (χ2n) is 2.81.